The highest BCUT2D eigenvalue weighted by Gasteiger charge is 2.28. The van der Waals surface area contributed by atoms with Gasteiger partial charge >= 0.3 is 25.7 Å². The molecule has 72 heavy (non-hydrogen) atoms. The van der Waals surface area contributed by atoms with Crippen LogP contribution in [0, 0.1) is 0 Å². The van der Waals surface area contributed by atoms with Gasteiger partial charge in [-0.05, 0) is 57.8 Å². The second-order valence-electron chi connectivity index (χ2n) is 19.4. The maximum Gasteiger partial charge on any atom is 0.472 e. The molecule has 0 aromatic heterocycles. The minimum atomic E-state index is -4.76. The highest BCUT2D eigenvalue weighted by Crippen LogP contribution is 2.43. The molecule has 0 heterocycles. The molecule has 0 amide bonds. The number of aliphatic hydroxyl groups is 1. The molecule has 0 radical (unpaired) electrons. The van der Waals surface area contributed by atoms with Crippen LogP contribution in [0.2, 0.25) is 0 Å². The lowest BCUT2D eigenvalue weighted by atomic mass is 10.0. The zero-order valence-corrected chi connectivity index (χ0v) is 47.0. The third-order valence-electron chi connectivity index (χ3n) is 12.5. The van der Waals surface area contributed by atoms with Gasteiger partial charge in [0.05, 0.1) is 19.8 Å². The summed E-state index contributed by atoms with van der Waals surface area (Å²) in [6, 6.07) is 0. The SMILES string of the molecule is CC/C=C\C/C=C\C/C=C\C/C=C\C/C=C\CCCC(=O)OC(COC(=O)CCCCCCCCCCCCCCCCC)COP(=O)(O)OCC(CO)OC(=O)CCCCCCCCCCCCCCC. The number of ether oxygens (including phenoxy) is 3. The Balaban J connectivity index is 4.79. The number of carbonyl (C=O) groups excluding carboxylic acids is 3. The first-order valence-corrected chi connectivity index (χ1v) is 30.7. The molecule has 0 aromatic carbocycles. The summed E-state index contributed by atoms with van der Waals surface area (Å²) >= 11 is 0. The zero-order valence-electron chi connectivity index (χ0n) is 46.1. The Kier molecular flexibility index (Phi) is 52.3. The minimum Gasteiger partial charge on any atom is -0.462 e. The summed E-state index contributed by atoms with van der Waals surface area (Å²) < 4.78 is 39.5. The van der Waals surface area contributed by atoms with Crippen molar-refractivity contribution in [2.45, 2.75) is 277 Å². The molecule has 0 rings (SSSR count). The van der Waals surface area contributed by atoms with E-state index in [1.54, 1.807) is 0 Å². The van der Waals surface area contributed by atoms with E-state index in [1.807, 2.05) is 6.08 Å². The maximum atomic E-state index is 12.9. The van der Waals surface area contributed by atoms with Crippen LogP contribution in [0.4, 0.5) is 0 Å². The molecule has 0 bridgehead atoms. The van der Waals surface area contributed by atoms with Gasteiger partial charge in [-0.1, -0.05) is 248 Å². The third kappa shape index (κ3) is 52.1. The third-order valence-corrected chi connectivity index (χ3v) is 13.4. The van der Waals surface area contributed by atoms with Crippen molar-refractivity contribution < 1.29 is 52.2 Å². The highest BCUT2D eigenvalue weighted by atomic mass is 31.2. The molecule has 0 fully saturated rings. The van der Waals surface area contributed by atoms with E-state index in [9.17, 15) is 28.9 Å². The molecular formula is C60H107O11P. The lowest BCUT2D eigenvalue weighted by Gasteiger charge is -2.21. The number of allylic oxidation sites excluding steroid dienone is 10. The van der Waals surface area contributed by atoms with Crippen molar-refractivity contribution in [1.82, 2.24) is 0 Å². The normalized spacial score (nSPS) is 13.8. The number of hydrogen-bond donors (Lipinski definition) is 2. The van der Waals surface area contributed by atoms with Crippen LogP contribution in [0.5, 0.6) is 0 Å². The number of esters is 3. The first-order chi connectivity index (χ1) is 35.2. The van der Waals surface area contributed by atoms with Crippen LogP contribution in [-0.4, -0.2) is 66.5 Å². The number of aliphatic hydroxyl groups excluding tert-OH is 1. The van der Waals surface area contributed by atoms with Crippen LogP contribution in [0.25, 0.3) is 0 Å². The molecule has 0 saturated carbocycles. The fourth-order valence-corrected chi connectivity index (χ4v) is 8.82. The van der Waals surface area contributed by atoms with Gasteiger partial charge in [0.1, 0.15) is 12.7 Å². The molecule has 0 aliphatic rings. The first kappa shape index (κ1) is 69.2. The predicted octanol–water partition coefficient (Wildman–Crippen LogP) is 17.1. The average molecular weight is 1040 g/mol. The van der Waals surface area contributed by atoms with Crippen LogP contribution in [-0.2, 0) is 42.2 Å². The van der Waals surface area contributed by atoms with Crippen molar-refractivity contribution in [3.63, 3.8) is 0 Å². The Morgan fingerprint density at radius 3 is 1.11 bits per heavy atom. The van der Waals surface area contributed by atoms with Gasteiger partial charge < -0.3 is 24.2 Å². The predicted molar refractivity (Wildman–Crippen MR) is 298 cm³/mol. The summed E-state index contributed by atoms with van der Waals surface area (Å²) in [4.78, 5) is 48.5. The van der Waals surface area contributed by atoms with Crippen molar-refractivity contribution in [2.75, 3.05) is 26.4 Å². The summed E-state index contributed by atoms with van der Waals surface area (Å²) in [6.45, 7) is 4.50. The van der Waals surface area contributed by atoms with E-state index in [4.69, 9.17) is 23.3 Å². The minimum absolute atomic E-state index is 0.0913. The second-order valence-corrected chi connectivity index (χ2v) is 20.9. The molecule has 418 valence electrons. The van der Waals surface area contributed by atoms with Gasteiger partial charge in [-0.15, -0.1) is 0 Å². The Hall–Kier alpha value is -2.82. The molecule has 0 spiro atoms. The monoisotopic (exact) mass is 1030 g/mol. The van der Waals surface area contributed by atoms with E-state index >= 15 is 0 Å². The number of carbonyl (C=O) groups is 3. The smallest absolute Gasteiger partial charge is 0.462 e. The Labute approximate surface area is 440 Å². The highest BCUT2D eigenvalue weighted by molar-refractivity contribution is 7.47. The van der Waals surface area contributed by atoms with Crippen LogP contribution < -0.4 is 0 Å². The van der Waals surface area contributed by atoms with Gasteiger partial charge in [-0.2, -0.15) is 0 Å². The van der Waals surface area contributed by atoms with Gasteiger partial charge in [0, 0.05) is 19.3 Å². The molecule has 0 aromatic rings. The largest absolute Gasteiger partial charge is 0.472 e. The molecule has 3 atom stereocenters. The lowest BCUT2D eigenvalue weighted by molar-refractivity contribution is -0.161. The summed E-state index contributed by atoms with van der Waals surface area (Å²) in [6.07, 6.45) is 59.0. The van der Waals surface area contributed by atoms with Crippen LogP contribution in [0.1, 0.15) is 265 Å². The molecule has 2 N–H and O–H groups in total. The number of hydrogen-bond acceptors (Lipinski definition) is 10. The first-order valence-electron chi connectivity index (χ1n) is 29.2. The summed E-state index contributed by atoms with van der Waals surface area (Å²) in [5.74, 6) is -1.52. The standard InChI is InChI=1S/C60H107O11P/c1-4-7-10-13-16-19-22-25-27-28-30-33-36-39-42-45-48-51-60(64)71-57(53-67-58(62)49-46-43-40-37-34-32-29-26-23-20-17-14-11-8-5-2)55-69-72(65,66)68-54-56(52-61)70-59(63)50-47-44-41-38-35-31-24-21-18-15-12-9-6-3/h7,10,16,19,25,27,30,33,39,42,56-57,61H,4-6,8-9,11-15,17-18,20-24,26,28-29,31-32,34-38,40-41,43-55H2,1-3H3,(H,65,66)/b10-7-,19-16-,27-25-,33-30-,42-39-. The van der Waals surface area contributed by atoms with E-state index < -0.39 is 57.8 Å². The van der Waals surface area contributed by atoms with Gasteiger partial charge in [-0.25, -0.2) is 4.57 Å². The van der Waals surface area contributed by atoms with Crippen LogP contribution >= 0.6 is 7.82 Å². The van der Waals surface area contributed by atoms with Crippen molar-refractivity contribution >= 4 is 25.7 Å². The molecule has 3 unspecified atom stereocenters. The van der Waals surface area contributed by atoms with Crippen molar-refractivity contribution in [3.05, 3.63) is 60.8 Å². The maximum absolute atomic E-state index is 12.9. The average Bonchev–Trinajstić information content (AvgIpc) is 3.37. The van der Waals surface area contributed by atoms with Gasteiger partial charge in [-0.3, -0.25) is 23.4 Å². The molecular weight excluding hydrogens is 928 g/mol. The number of phosphoric acid groups is 1. The topological polar surface area (TPSA) is 155 Å². The quantitative estimate of drug-likeness (QED) is 0.0197. The Bertz CT molecular complexity index is 1440. The van der Waals surface area contributed by atoms with Crippen LogP contribution in [0.15, 0.2) is 60.8 Å². The van der Waals surface area contributed by atoms with E-state index in [2.05, 4.69) is 75.5 Å². The van der Waals surface area contributed by atoms with Crippen molar-refractivity contribution in [1.29, 1.82) is 0 Å². The van der Waals surface area contributed by atoms with Crippen molar-refractivity contribution in [3.8, 4) is 0 Å². The number of unbranched alkanes of at least 4 members (excludes halogenated alkanes) is 27. The Morgan fingerprint density at radius 1 is 0.403 bits per heavy atom. The second kappa shape index (κ2) is 54.4. The van der Waals surface area contributed by atoms with E-state index in [-0.39, 0.29) is 25.9 Å². The van der Waals surface area contributed by atoms with Gasteiger partial charge in [0.2, 0.25) is 0 Å². The lowest BCUT2D eigenvalue weighted by Crippen LogP contribution is -2.30. The number of phosphoric ester groups is 1. The molecule has 0 saturated heterocycles. The van der Waals surface area contributed by atoms with Crippen LogP contribution in [0.3, 0.4) is 0 Å². The molecule has 0 aliphatic carbocycles. The number of rotatable bonds is 54. The van der Waals surface area contributed by atoms with Crippen molar-refractivity contribution in [2.24, 2.45) is 0 Å². The van der Waals surface area contributed by atoms with E-state index in [0.29, 0.717) is 25.7 Å². The molecule has 11 nitrogen and oxygen atoms in total. The van der Waals surface area contributed by atoms with Gasteiger partial charge in [0.15, 0.2) is 6.10 Å². The molecule has 0 aliphatic heterocycles. The Morgan fingerprint density at radius 2 is 0.722 bits per heavy atom. The zero-order chi connectivity index (χ0) is 52.7. The summed E-state index contributed by atoms with van der Waals surface area (Å²) in [5.41, 5.74) is 0. The summed E-state index contributed by atoms with van der Waals surface area (Å²) in [5, 5.41) is 9.81. The van der Waals surface area contributed by atoms with Gasteiger partial charge in [0.25, 0.3) is 0 Å². The van der Waals surface area contributed by atoms with E-state index in [1.165, 1.54) is 128 Å². The van der Waals surface area contributed by atoms with E-state index in [0.717, 1.165) is 70.6 Å². The fraction of sp³-hybridized carbons (Fsp3) is 0.783. The fourth-order valence-electron chi connectivity index (χ4n) is 8.04. The summed E-state index contributed by atoms with van der Waals surface area (Å²) in [7, 11) is -4.76. The molecule has 12 heteroatoms.